The molecule has 2 aromatic rings. The van der Waals surface area contributed by atoms with E-state index in [0.29, 0.717) is 16.3 Å². The summed E-state index contributed by atoms with van der Waals surface area (Å²) in [7, 11) is 0. The van der Waals surface area contributed by atoms with Crippen molar-refractivity contribution in [3.63, 3.8) is 0 Å². The Balaban J connectivity index is 2.17. The highest BCUT2D eigenvalue weighted by molar-refractivity contribution is 7.98. The molecule has 0 amide bonds. The second-order valence-electron chi connectivity index (χ2n) is 4.57. The molecule has 1 atom stereocenters. The normalized spacial score (nSPS) is 12.1. The monoisotopic (exact) mass is 323 g/mol. The zero-order valence-electron chi connectivity index (χ0n) is 11.3. The third-order valence-corrected chi connectivity index (χ3v) is 4.26. The molecule has 6 heteroatoms. The first kappa shape index (κ1) is 15.8. The fourth-order valence-electron chi connectivity index (χ4n) is 1.85. The Kier molecular flexibility index (Phi) is 5.22. The van der Waals surface area contributed by atoms with Crippen LogP contribution in [0.2, 0.25) is 5.02 Å². The highest BCUT2D eigenvalue weighted by Crippen LogP contribution is 2.30. The Hall–Kier alpha value is -1.56. The maximum absolute atomic E-state index is 11.0. The van der Waals surface area contributed by atoms with Gasteiger partial charge in [-0.25, -0.2) is 0 Å². The topological polar surface area (TPSA) is 63.4 Å². The van der Waals surface area contributed by atoms with Gasteiger partial charge in [-0.15, -0.1) is 11.8 Å². The third kappa shape index (κ3) is 4.20. The van der Waals surface area contributed by atoms with E-state index >= 15 is 0 Å². The Morgan fingerprint density at radius 3 is 2.76 bits per heavy atom. The van der Waals surface area contributed by atoms with Crippen LogP contribution in [0.5, 0.6) is 0 Å². The smallest absolute Gasteiger partial charge is 0.274 e. The molecule has 2 aromatic carbocycles. The van der Waals surface area contributed by atoms with Gasteiger partial charge in [-0.05, 0) is 36.8 Å². The van der Waals surface area contributed by atoms with E-state index in [1.54, 1.807) is 19.1 Å². The molecule has 1 N–H and O–H groups in total. The molecule has 0 aromatic heterocycles. The number of rotatable bonds is 5. The van der Waals surface area contributed by atoms with E-state index in [2.05, 4.69) is 0 Å². The number of nitro benzene ring substituents is 1. The number of thioether (sulfide) groups is 1. The average Bonchev–Trinajstić information content (AvgIpc) is 2.46. The van der Waals surface area contributed by atoms with E-state index < -0.39 is 11.0 Å². The number of hydrogen-bond donors (Lipinski definition) is 1. The van der Waals surface area contributed by atoms with E-state index in [9.17, 15) is 15.2 Å². The Morgan fingerprint density at radius 2 is 2.10 bits per heavy atom. The van der Waals surface area contributed by atoms with Crippen LogP contribution in [0.1, 0.15) is 24.2 Å². The molecule has 0 bridgehead atoms. The molecule has 2 rings (SSSR count). The predicted molar refractivity (Wildman–Crippen MR) is 84.7 cm³/mol. The summed E-state index contributed by atoms with van der Waals surface area (Å²) in [6.45, 7) is 1.70. The van der Waals surface area contributed by atoms with Crippen LogP contribution < -0.4 is 0 Å². The van der Waals surface area contributed by atoms with Crippen LogP contribution in [0.15, 0.2) is 47.4 Å². The summed E-state index contributed by atoms with van der Waals surface area (Å²) in [5.74, 6) is 0.469. The van der Waals surface area contributed by atoms with Crippen molar-refractivity contribution in [3.8, 4) is 0 Å². The standard InChI is InChI=1S/C15H14ClNO3S/c1-10(18)11-3-2-4-14(7-11)21-9-12-5-6-13(16)8-15(12)17(19)20/h2-8,10,18H,9H2,1H3. The summed E-state index contributed by atoms with van der Waals surface area (Å²) >= 11 is 7.28. The Morgan fingerprint density at radius 1 is 1.33 bits per heavy atom. The van der Waals surface area contributed by atoms with Crippen LogP contribution >= 0.6 is 23.4 Å². The molecule has 21 heavy (non-hydrogen) atoms. The largest absolute Gasteiger partial charge is 0.389 e. The van der Waals surface area contributed by atoms with E-state index in [1.807, 2.05) is 24.3 Å². The van der Waals surface area contributed by atoms with Crippen molar-refractivity contribution in [2.45, 2.75) is 23.7 Å². The lowest BCUT2D eigenvalue weighted by Crippen LogP contribution is -1.94. The molecule has 0 aliphatic carbocycles. The van der Waals surface area contributed by atoms with Gasteiger partial charge in [-0.2, -0.15) is 0 Å². The van der Waals surface area contributed by atoms with Crippen molar-refractivity contribution in [2.24, 2.45) is 0 Å². The number of nitro groups is 1. The molecule has 0 aliphatic rings. The summed E-state index contributed by atoms with van der Waals surface area (Å²) in [4.78, 5) is 11.6. The molecule has 0 fully saturated rings. The molecule has 0 aliphatic heterocycles. The summed E-state index contributed by atoms with van der Waals surface area (Å²) in [5, 5.41) is 21.0. The van der Waals surface area contributed by atoms with E-state index in [1.165, 1.54) is 17.8 Å². The number of halogens is 1. The first-order valence-electron chi connectivity index (χ1n) is 6.31. The van der Waals surface area contributed by atoms with Gasteiger partial charge in [0, 0.05) is 27.3 Å². The molecule has 0 saturated heterocycles. The van der Waals surface area contributed by atoms with Gasteiger partial charge in [0.1, 0.15) is 0 Å². The van der Waals surface area contributed by atoms with E-state index in [-0.39, 0.29) is 5.69 Å². The van der Waals surface area contributed by atoms with Crippen LogP contribution in [-0.2, 0) is 5.75 Å². The van der Waals surface area contributed by atoms with Crippen molar-refractivity contribution >= 4 is 29.1 Å². The van der Waals surface area contributed by atoms with Gasteiger partial charge >= 0.3 is 0 Å². The molecule has 110 valence electrons. The fraction of sp³-hybridized carbons (Fsp3) is 0.200. The molecular weight excluding hydrogens is 310 g/mol. The number of hydrogen-bond acceptors (Lipinski definition) is 4. The SMILES string of the molecule is CC(O)c1cccc(SCc2ccc(Cl)cc2[N+](=O)[O-])c1. The molecule has 0 spiro atoms. The van der Waals surface area contributed by atoms with Gasteiger partial charge in [0.25, 0.3) is 5.69 Å². The van der Waals surface area contributed by atoms with Crippen LogP contribution in [0.25, 0.3) is 0 Å². The third-order valence-electron chi connectivity index (χ3n) is 2.98. The second kappa shape index (κ2) is 6.93. The van der Waals surface area contributed by atoms with E-state index in [4.69, 9.17) is 11.6 Å². The van der Waals surface area contributed by atoms with Crippen molar-refractivity contribution < 1.29 is 10.0 Å². The molecule has 0 radical (unpaired) electrons. The summed E-state index contributed by atoms with van der Waals surface area (Å²) in [5.41, 5.74) is 1.48. The van der Waals surface area contributed by atoms with Crippen LogP contribution in [0.4, 0.5) is 5.69 Å². The first-order valence-corrected chi connectivity index (χ1v) is 7.67. The molecule has 1 unspecified atom stereocenters. The summed E-state index contributed by atoms with van der Waals surface area (Å²) in [6.07, 6.45) is -0.532. The van der Waals surface area contributed by atoms with Gasteiger partial charge < -0.3 is 5.11 Å². The van der Waals surface area contributed by atoms with Crippen molar-refractivity contribution in [2.75, 3.05) is 0 Å². The number of nitrogens with zero attached hydrogens (tertiary/aromatic N) is 1. The van der Waals surface area contributed by atoms with Gasteiger partial charge in [0.15, 0.2) is 0 Å². The Bertz CT molecular complexity index is 661. The molecule has 0 saturated carbocycles. The maximum Gasteiger partial charge on any atom is 0.274 e. The van der Waals surface area contributed by atoms with Gasteiger partial charge in [0.2, 0.25) is 0 Å². The van der Waals surface area contributed by atoms with Crippen molar-refractivity contribution in [1.82, 2.24) is 0 Å². The minimum Gasteiger partial charge on any atom is -0.389 e. The van der Waals surface area contributed by atoms with Crippen LogP contribution in [0.3, 0.4) is 0 Å². The Labute approximate surface area is 131 Å². The van der Waals surface area contributed by atoms with Crippen molar-refractivity contribution in [3.05, 3.63) is 68.7 Å². The zero-order chi connectivity index (χ0) is 15.4. The number of aliphatic hydroxyl groups is 1. The quantitative estimate of drug-likeness (QED) is 0.496. The van der Waals surface area contributed by atoms with Gasteiger partial charge in [-0.3, -0.25) is 10.1 Å². The highest BCUT2D eigenvalue weighted by Gasteiger charge is 2.14. The maximum atomic E-state index is 11.0. The minimum absolute atomic E-state index is 0.0293. The van der Waals surface area contributed by atoms with Gasteiger partial charge in [0.05, 0.1) is 11.0 Å². The summed E-state index contributed by atoms with van der Waals surface area (Å²) in [6, 6.07) is 12.2. The first-order chi connectivity index (χ1) is 9.97. The van der Waals surface area contributed by atoms with Gasteiger partial charge in [-0.1, -0.05) is 23.7 Å². The average molecular weight is 324 g/mol. The lowest BCUT2D eigenvalue weighted by molar-refractivity contribution is -0.385. The van der Waals surface area contributed by atoms with Crippen LogP contribution in [0, 0.1) is 10.1 Å². The highest BCUT2D eigenvalue weighted by atomic mass is 35.5. The van der Waals surface area contributed by atoms with Crippen LogP contribution in [-0.4, -0.2) is 10.0 Å². The lowest BCUT2D eigenvalue weighted by atomic mass is 10.1. The molecule has 4 nitrogen and oxygen atoms in total. The van der Waals surface area contributed by atoms with Crippen molar-refractivity contribution in [1.29, 1.82) is 0 Å². The molecule has 0 heterocycles. The second-order valence-corrected chi connectivity index (χ2v) is 6.05. The summed E-state index contributed by atoms with van der Waals surface area (Å²) < 4.78 is 0. The zero-order valence-corrected chi connectivity index (χ0v) is 12.9. The minimum atomic E-state index is -0.532. The predicted octanol–water partition coefficient (Wildman–Crippen LogP) is 4.59. The fourth-order valence-corrected chi connectivity index (χ4v) is 2.98. The number of benzene rings is 2. The lowest BCUT2D eigenvalue weighted by Gasteiger charge is -2.08. The molecular formula is C15H14ClNO3S. The number of aliphatic hydroxyl groups excluding tert-OH is 1. The van der Waals surface area contributed by atoms with E-state index in [0.717, 1.165) is 10.5 Å².